The third-order valence-corrected chi connectivity index (χ3v) is 5.02. The lowest BCUT2D eigenvalue weighted by molar-refractivity contribution is -0.144. The van der Waals surface area contributed by atoms with Crippen LogP contribution in [-0.2, 0) is 0 Å². The van der Waals surface area contributed by atoms with Crippen molar-refractivity contribution < 1.29 is 30.7 Å². The molecule has 164 valence electrons. The summed E-state index contributed by atoms with van der Waals surface area (Å²) in [6.07, 6.45) is -7.68. The Morgan fingerprint density at radius 1 is 0.759 bits per heavy atom. The van der Waals surface area contributed by atoms with E-state index in [-0.39, 0.29) is 24.2 Å². The van der Waals surface area contributed by atoms with E-state index < -0.39 is 42.2 Å². The molecule has 1 aromatic rings. The third-order valence-electron chi connectivity index (χ3n) is 5.02. The van der Waals surface area contributed by atoms with E-state index in [9.17, 15) is 30.7 Å². The molecule has 5 nitrogen and oxygen atoms in total. The number of aromatic nitrogens is 3. The van der Waals surface area contributed by atoms with Gasteiger partial charge in [0.1, 0.15) is 17.9 Å². The molecule has 0 amide bonds. The van der Waals surface area contributed by atoms with Crippen LogP contribution in [0.25, 0.3) is 5.57 Å². The lowest BCUT2D eigenvalue weighted by Gasteiger charge is -2.30. The molecule has 0 saturated heterocycles. The van der Waals surface area contributed by atoms with Gasteiger partial charge < -0.3 is 9.80 Å². The van der Waals surface area contributed by atoms with Gasteiger partial charge in [0.15, 0.2) is 5.82 Å². The second-order valence-electron chi connectivity index (χ2n) is 7.01. The lowest BCUT2D eigenvalue weighted by Crippen LogP contribution is -2.44. The van der Waals surface area contributed by atoms with Gasteiger partial charge in [0.25, 0.3) is 0 Å². The zero-order valence-corrected chi connectivity index (χ0v) is 16.4. The standard InChI is InChI=1S/C17H22F7N5/c1-9(16(19,20)21)28(3)14-25-13(11-7-5-6-8-12(11)18)26-15(27-14)29(4)10(2)17(22,23)24/h9-10H,5-8H2,1-4H3/t9-,10-/m1/s1. The van der Waals surface area contributed by atoms with Crippen LogP contribution >= 0.6 is 0 Å². The fraction of sp³-hybridized carbons (Fsp3) is 0.706. The number of anilines is 2. The van der Waals surface area contributed by atoms with Crippen molar-refractivity contribution in [2.75, 3.05) is 23.9 Å². The molecular weight excluding hydrogens is 407 g/mol. The van der Waals surface area contributed by atoms with Crippen molar-refractivity contribution in [1.29, 1.82) is 0 Å². The molecule has 0 bridgehead atoms. The van der Waals surface area contributed by atoms with Gasteiger partial charge in [0.05, 0.1) is 0 Å². The van der Waals surface area contributed by atoms with Crippen molar-refractivity contribution in [3.05, 3.63) is 11.7 Å². The number of hydrogen-bond acceptors (Lipinski definition) is 5. The Kier molecular flexibility index (Phi) is 6.63. The SMILES string of the molecule is C[C@@H](N(C)c1nc(C2=C(F)CCCC2)nc(N(C)[C@H](C)C(F)(F)F)n1)C(F)(F)F. The van der Waals surface area contributed by atoms with E-state index in [1.165, 1.54) is 0 Å². The summed E-state index contributed by atoms with van der Waals surface area (Å²) < 4.78 is 92.9. The van der Waals surface area contributed by atoms with E-state index in [0.29, 0.717) is 22.6 Å². The number of nitrogens with zero attached hydrogens (tertiary/aromatic N) is 5. The zero-order valence-electron chi connectivity index (χ0n) is 16.4. The van der Waals surface area contributed by atoms with Gasteiger partial charge in [-0.15, -0.1) is 0 Å². The minimum atomic E-state index is -4.62. The van der Waals surface area contributed by atoms with Gasteiger partial charge in [-0.2, -0.15) is 41.3 Å². The molecule has 0 aliphatic heterocycles. The maximum atomic E-state index is 14.3. The Morgan fingerprint density at radius 3 is 1.55 bits per heavy atom. The van der Waals surface area contributed by atoms with Crippen LogP contribution in [0.1, 0.15) is 45.4 Å². The van der Waals surface area contributed by atoms with Crippen LogP contribution < -0.4 is 9.80 Å². The lowest BCUT2D eigenvalue weighted by atomic mass is 9.98. The molecule has 0 unspecified atom stereocenters. The molecule has 0 fully saturated rings. The first-order valence-electron chi connectivity index (χ1n) is 8.96. The average molecular weight is 429 g/mol. The quantitative estimate of drug-likeness (QED) is 0.623. The Balaban J connectivity index is 2.58. The number of allylic oxidation sites excluding steroid dienone is 2. The van der Waals surface area contributed by atoms with E-state index in [4.69, 9.17) is 0 Å². The monoisotopic (exact) mass is 429 g/mol. The number of alkyl halides is 6. The average Bonchev–Trinajstić information content (AvgIpc) is 2.64. The van der Waals surface area contributed by atoms with E-state index in [1.807, 2.05) is 0 Å². The normalized spacial score (nSPS) is 17.9. The summed E-state index contributed by atoms with van der Waals surface area (Å²) in [4.78, 5) is 13.1. The van der Waals surface area contributed by atoms with Crippen molar-refractivity contribution in [2.45, 2.75) is 64.0 Å². The van der Waals surface area contributed by atoms with Crippen LogP contribution in [0, 0.1) is 0 Å². The molecule has 0 N–H and O–H groups in total. The summed E-state index contributed by atoms with van der Waals surface area (Å²) in [6.45, 7) is 1.73. The summed E-state index contributed by atoms with van der Waals surface area (Å²) in [5, 5.41) is 0. The molecule has 1 aliphatic rings. The van der Waals surface area contributed by atoms with E-state index in [2.05, 4.69) is 15.0 Å². The Hall–Kier alpha value is -2.14. The fourth-order valence-electron chi connectivity index (χ4n) is 2.69. The highest BCUT2D eigenvalue weighted by Gasteiger charge is 2.42. The maximum Gasteiger partial charge on any atom is 0.408 e. The highest BCUT2D eigenvalue weighted by Crippen LogP contribution is 2.34. The van der Waals surface area contributed by atoms with E-state index >= 15 is 0 Å². The van der Waals surface area contributed by atoms with Crippen molar-refractivity contribution in [1.82, 2.24) is 15.0 Å². The molecular formula is C17H22F7N5. The van der Waals surface area contributed by atoms with Crippen LogP contribution in [0.3, 0.4) is 0 Å². The fourth-order valence-corrected chi connectivity index (χ4v) is 2.69. The molecule has 1 aliphatic carbocycles. The molecule has 1 heterocycles. The predicted octanol–water partition coefficient (Wildman–Crippen LogP) is 4.90. The molecule has 0 aromatic carbocycles. The summed E-state index contributed by atoms with van der Waals surface area (Å²) in [5.41, 5.74) is 0.0854. The highest BCUT2D eigenvalue weighted by atomic mass is 19.4. The largest absolute Gasteiger partial charge is 0.408 e. The van der Waals surface area contributed by atoms with Gasteiger partial charge >= 0.3 is 12.4 Å². The summed E-state index contributed by atoms with van der Waals surface area (Å²) in [5.74, 6) is -1.73. The molecule has 29 heavy (non-hydrogen) atoms. The van der Waals surface area contributed by atoms with Crippen LogP contribution in [-0.4, -0.2) is 53.5 Å². The van der Waals surface area contributed by atoms with Gasteiger partial charge in [-0.25, -0.2) is 4.39 Å². The molecule has 2 rings (SSSR count). The third kappa shape index (κ3) is 5.27. The maximum absolute atomic E-state index is 14.3. The minimum absolute atomic E-state index is 0.0854. The van der Waals surface area contributed by atoms with Gasteiger partial charge in [-0.3, -0.25) is 0 Å². The Labute approximate surface area is 163 Å². The molecule has 2 atom stereocenters. The van der Waals surface area contributed by atoms with Crippen molar-refractivity contribution in [2.24, 2.45) is 0 Å². The van der Waals surface area contributed by atoms with Crippen LogP contribution in [0.2, 0.25) is 0 Å². The molecule has 0 spiro atoms. The Bertz CT molecular complexity index is 715. The summed E-state index contributed by atoms with van der Waals surface area (Å²) >= 11 is 0. The van der Waals surface area contributed by atoms with Crippen molar-refractivity contribution in [3.8, 4) is 0 Å². The first kappa shape index (κ1) is 23.1. The second-order valence-corrected chi connectivity index (χ2v) is 7.01. The minimum Gasteiger partial charge on any atom is -0.332 e. The number of hydrogen-bond donors (Lipinski definition) is 0. The van der Waals surface area contributed by atoms with Crippen LogP contribution in [0.15, 0.2) is 5.83 Å². The second kappa shape index (κ2) is 8.31. The summed E-state index contributed by atoms with van der Waals surface area (Å²) in [7, 11) is 2.14. The van der Waals surface area contributed by atoms with Gasteiger partial charge in [0.2, 0.25) is 11.9 Å². The van der Waals surface area contributed by atoms with E-state index in [0.717, 1.165) is 27.9 Å². The topological polar surface area (TPSA) is 45.2 Å². The molecule has 0 saturated carbocycles. The Morgan fingerprint density at radius 2 is 1.17 bits per heavy atom. The molecule has 1 aromatic heterocycles. The highest BCUT2D eigenvalue weighted by molar-refractivity contribution is 5.64. The first-order chi connectivity index (χ1) is 13.2. The first-order valence-corrected chi connectivity index (χ1v) is 8.96. The van der Waals surface area contributed by atoms with Crippen molar-refractivity contribution >= 4 is 17.5 Å². The van der Waals surface area contributed by atoms with Crippen molar-refractivity contribution in [3.63, 3.8) is 0 Å². The van der Waals surface area contributed by atoms with Crippen LogP contribution in [0.5, 0.6) is 0 Å². The number of halogens is 7. The molecule has 12 heteroatoms. The van der Waals surface area contributed by atoms with Crippen LogP contribution in [0.4, 0.5) is 42.6 Å². The van der Waals surface area contributed by atoms with E-state index in [1.54, 1.807) is 0 Å². The summed E-state index contributed by atoms with van der Waals surface area (Å²) in [6, 6.07) is -4.03. The smallest absolute Gasteiger partial charge is 0.332 e. The van der Waals surface area contributed by atoms with Gasteiger partial charge in [-0.05, 0) is 39.5 Å². The zero-order chi connectivity index (χ0) is 22.1. The van der Waals surface area contributed by atoms with Gasteiger partial charge in [0, 0.05) is 19.7 Å². The van der Waals surface area contributed by atoms with Gasteiger partial charge in [-0.1, -0.05) is 0 Å². The predicted molar refractivity (Wildman–Crippen MR) is 94.2 cm³/mol. The number of rotatable bonds is 5. The molecule has 0 radical (unpaired) electrons.